The second-order valence-corrected chi connectivity index (χ2v) is 11.5. The van der Waals surface area contributed by atoms with Gasteiger partial charge < -0.3 is 10.2 Å². The first kappa shape index (κ1) is 23.0. The van der Waals surface area contributed by atoms with E-state index in [4.69, 9.17) is 0 Å². The van der Waals surface area contributed by atoms with Gasteiger partial charge in [0.15, 0.2) is 0 Å². The molecule has 1 amide bonds. The highest BCUT2D eigenvalue weighted by Crippen LogP contribution is 2.57. The molecule has 4 unspecified atom stereocenters. The number of nitrogens with one attached hydrogen (secondary N) is 1. The number of carbonyl (C=O) groups excluding carboxylic acids is 1. The summed E-state index contributed by atoms with van der Waals surface area (Å²) >= 11 is 1.57. The van der Waals surface area contributed by atoms with Crippen molar-refractivity contribution >= 4 is 27.5 Å². The number of hydrogen-bond donors (Lipinski definition) is 1. The van der Waals surface area contributed by atoms with E-state index in [1.807, 2.05) is 25.4 Å². The first-order valence-electron chi connectivity index (χ1n) is 12.5. The molecule has 0 radical (unpaired) electrons. The van der Waals surface area contributed by atoms with Crippen LogP contribution in [-0.2, 0) is 5.92 Å². The van der Waals surface area contributed by atoms with Crippen LogP contribution in [0.25, 0.3) is 10.2 Å². The molecule has 2 saturated heterocycles. The van der Waals surface area contributed by atoms with Gasteiger partial charge in [-0.3, -0.25) is 4.79 Å². The summed E-state index contributed by atoms with van der Waals surface area (Å²) in [4.78, 5) is 25.2. The van der Waals surface area contributed by atoms with E-state index >= 15 is 0 Å². The maximum atomic E-state index is 14.9. The van der Waals surface area contributed by atoms with Gasteiger partial charge in [0.05, 0.1) is 5.69 Å². The van der Waals surface area contributed by atoms with Crippen molar-refractivity contribution in [1.82, 2.24) is 20.2 Å². The van der Waals surface area contributed by atoms with Gasteiger partial charge >= 0.3 is 0 Å². The number of aromatic nitrogens is 2. The van der Waals surface area contributed by atoms with Crippen molar-refractivity contribution in [3.8, 4) is 0 Å². The van der Waals surface area contributed by atoms with Crippen molar-refractivity contribution in [3.63, 3.8) is 0 Å². The number of amides is 1. The molecule has 184 valence electrons. The van der Waals surface area contributed by atoms with Gasteiger partial charge in [-0.1, -0.05) is 6.07 Å². The summed E-state index contributed by atoms with van der Waals surface area (Å²) in [6.07, 6.45) is 4.92. The fourth-order valence-corrected chi connectivity index (χ4v) is 7.04. The molecule has 3 aliphatic rings. The van der Waals surface area contributed by atoms with Gasteiger partial charge in [-0.15, -0.1) is 11.3 Å². The Labute approximate surface area is 208 Å². The highest BCUT2D eigenvalue weighted by Gasteiger charge is 2.45. The molecule has 35 heavy (non-hydrogen) atoms. The topological polar surface area (TPSA) is 58.1 Å². The molecule has 1 N–H and O–H groups in total. The van der Waals surface area contributed by atoms with Crippen molar-refractivity contribution in [1.29, 1.82) is 0 Å². The lowest BCUT2D eigenvalue weighted by Crippen LogP contribution is -2.48. The van der Waals surface area contributed by atoms with Gasteiger partial charge in [-0.05, 0) is 74.1 Å². The molecule has 2 bridgehead atoms. The summed E-state index contributed by atoms with van der Waals surface area (Å²) in [5.41, 5.74) is 1.88. The Kier molecular flexibility index (Phi) is 5.45. The zero-order valence-electron chi connectivity index (χ0n) is 20.2. The predicted octanol–water partition coefficient (Wildman–Crippen LogP) is 5.74. The van der Waals surface area contributed by atoms with Gasteiger partial charge in [-0.2, -0.15) is 0 Å². The van der Waals surface area contributed by atoms with Crippen molar-refractivity contribution in [2.45, 2.75) is 81.8 Å². The number of halogens is 2. The largest absolute Gasteiger partial charge is 0.339 e. The fraction of sp³-hybridized carbons (Fsp3) is 0.519. The van der Waals surface area contributed by atoms with E-state index in [9.17, 15) is 13.6 Å². The molecule has 3 fully saturated rings. The van der Waals surface area contributed by atoms with Crippen LogP contribution in [0.1, 0.15) is 83.9 Å². The van der Waals surface area contributed by atoms with Gasteiger partial charge in [0.1, 0.15) is 10.7 Å². The zero-order chi connectivity index (χ0) is 24.5. The number of thiophene rings is 1. The summed E-state index contributed by atoms with van der Waals surface area (Å²) < 4.78 is 29.7. The molecule has 8 heteroatoms. The first-order chi connectivity index (χ1) is 16.7. The van der Waals surface area contributed by atoms with Crippen LogP contribution in [0.4, 0.5) is 8.78 Å². The van der Waals surface area contributed by atoms with E-state index in [0.717, 1.165) is 54.9 Å². The average molecular weight is 497 g/mol. The van der Waals surface area contributed by atoms with Crippen LogP contribution in [0.2, 0.25) is 0 Å². The van der Waals surface area contributed by atoms with Crippen LogP contribution in [0, 0.1) is 6.92 Å². The van der Waals surface area contributed by atoms with E-state index < -0.39 is 5.92 Å². The second-order valence-electron chi connectivity index (χ2n) is 10.6. The Hall–Kier alpha value is -2.45. The Bertz CT molecular complexity index is 1290. The Morgan fingerprint density at radius 2 is 1.86 bits per heavy atom. The van der Waals surface area contributed by atoms with Crippen molar-refractivity contribution < 1.29 is 13.6 Å². The number of piperidine rings is 1. The number of benzene rings is 1. The van der Waals surface area contributed by atoms with Crippen LogP contribution in [0.15, 0.2) is 29.6 Å². The number of fused-ring (bicyclic) bond motifs is 3. The Morgan fingerprint density at radius 3 is 2.57 bits per heavy atom. The lowest BCUT2D eigenvalue weighted by molar-refractivity contribution is 0.0164. The average Bonchev–Trinajstić information content (AvgIpc) is 3.35. The fourth-order valence-electron chi connectivity index (χ4n) is 6.22. The number of aryl methyl sites for hydroxylation is 1. The summed E-state index contributed by atoms with van der Waals surface area (Å²) in [5, 5.41) is 6.61. The van der Waals surface area contributed by atoms with Crippen LogP contribution in [0.5, 0.6) is 0 Å². The minimum absolute atomic E-state index is 0.0323. The summed E-state index contributed by atoms with van der Waals surface area (Å²) in [7, 11) is 1.82. The molecule has 4 atom stereocenters. The highest BCUT2D eigenvalue weighted by atomic mass is 32.1. The molecule has 3 aromatic rings. The van der Waals surface area contributed by atoms with E-state index in [-0.39, 0.29) is 29.3 Å². The van der Waals surface area contributed by atoms with Crippen LogP contribution < -0.4 is 5.32 Å². The quantitative estimate of drug-likeness (QED) is 0.490. The molecule has 0 spiro atoms. The number of nitrogens with zero attached hydrogens (tertiary/aromatic N) is 3. The van der Waals surface area contributed by atoms with E-state index in [1.54, 1.807) is 28.4 Å². The molecular weight excluding hydrogens is 466 g/mol. The summed E-state index contributed by atoms with van der Waals surface area (Å²) in [5.74, 6) is -2.45. The third-order valence-electron chi connectivity index (χ3n) is 8.10. The third kappa shape index (κ3) is 4.14. The summed E-state index contributed by atoms with van der Waals surface area (Å²) in [6.45, 7) is 2.80. The smallest absolute Gasteiger partial charge is 0.270 e. The Morgan fingerprint density at radius 1 is 1.11 bits per heavy atom. The molecule has 2 aromatic heterocycles. The summed E-state index contributed by atoms with van der Waals surface area (Å²) in [6, 6.07) is 8.00. The molecule has 2 aliphatic heterocycles. The van der Waals surface area contributed by atoms with Crippen LogP contribution in [-0.4, -0.2) is 45.9 Å². The number of carbonyl (C=O) groups is 1. The first-order valence-corrected chi connectivity index (χ1v) is 13.3. The predicted molar refractivity (Wildman–Crippen MR) is 133 cm³/mol. The monoisotopic (exact) mass is 496 g/mol. The van der Waals surface area contributed by atoms with Crippen LogP contribution >= 0.6 is 11.3 Å². The minimum atomic E-state index is -3.04. The molecule has 1 saturated carbocycles. The second kappa shape index (κ2) is 8.30. The van der Waals surface area contributed by atoms with Crippen molar-refractivity contribution in [2.75, 3.05) is 7.05 Å². The van der Waals surface area contributed by atoms with Gasteiger partial charge in [0.25, 0.3) is 11.8 Å². The number of rotatable bonds is 5. The maximum absolute atomic E-state index is 14.9. The standard InChI is InChI=1S/C27H30F2N4OS/c1-14-30-24(20-8-9-35-25(20)31-14)22-13-21(22)19-7-4-15(10-23(19)27(2,28)29)26(34)33(3)18-11-16-5-6-17(12-18)32-16/h4,7-10,16-18,21-22,32H,5-6,11-13H2,1-3H3. The SMILES string of the molecule is Cc1nc(C2CC2c2ccc(C(=O)N(C)C3CC4CCC(C3)N4)cc2C(C)(F)F)c2ccsc2n1. The van der Waals surface area contributed by atoms with Crippen molar-refractivity contribution in [3.05, 3.63) is 57.9 Å². The van der Waals surface area contributed by atoms with E-state index in [2.05, 4.69) is 15.3 Å². The van der Waals surface area contributed by atoms with Gasteiger partial charge in [0, 0.05) is 54.5 Å². The zero-order valence-corrected chi connectivity index (χ0v) is 21.0. The van der Waals surface area contributed by atoms with Gasteiger partial charge in [-0.25, -0.2) is 18.7 Å². The van der Waals surface area contributed by atoms with Gasteiger partial charge in [0.2, 0.25) is 0 Å². The lowest BCUT2D eigenvalue weighted by Gasteiger charge is -2.35. The number of alkyl halides is 2. The highest BCUT2D eigenvalue weighted by molar-refractivity contribution is 7.16. The molecule has 4 heterocycles. The maximum Gasteiger partial charge on any atom is 0.270 e. The molecule has 5 nitrogen and oxygen atoms in total. The minimum Gasteiger partial charge on any atom is -0.339 e. The van der Waals surface area contributed by atoms with E-state index in [0.29, 0.717) is 29.0 Å². The third-order valence-corrected chi connectivity index (χ3v) is 8.90. The molecule has 1 aliphatic carbocycles. The van der Waals surface area contributed by atoms with E-state index in [1.165, 1.54) is 6.07 Å². The normalized spacial score (nSPS) is 27.9. The molecule has 6 rings (SSSR count). The molecular formula is C27H30F2N4OS. The molecule has 1 aromatic carbocycles. The number of hydrogen-bond acceptors (Lipinski definition) is 5. The van der Waals surface area contributed by atoms with Crippen molar-refractivity contribution in [2.24, 2.45) is 0 Å². The Balaban J connectivity index is 1.28. The van der Waals surface area contributed by atoms with Crippen LogP contribution in [0.3, 0.4) is 0 Å². The lowest BCUT2D eigenvalue weighted by atomic mass is 9.93.